The van der Waals surface area contributed by atoms with Crippen molar-refractivity contribution in [1.82, 2.24) is 4.98 Å². The van der Waals surface area contributed by atoms with E-state index < -0.39 is 5.97 Å². The Balaban J connectivity index is 0.000000771. The van der Waals surface area contributed by atoms with Crippen LogP contribution < -0.4 is 0 Å². The van der Waals surface area contributed by atoms with Crippen LogP contribution in [-0.4, -0.2) is 16.1 Å². The third kappa shape index (κ3) is 3.02. The SMILES string of the molecule is CC.CC1=Cc2nc(CC(C)C(=O)O)c(C)p2C1. The lowest BCUT2D eigenvalue weighted by Gasteiger charge is -2.05. The summed E-state index contributed by atoms with van der Waals surface area (Å²) in [5.41, 5.74) is 3.60. The van der Waals surface area contributed by atoms with Gasteiger partial charge in [-0.3, -0.25) is 4.79 Å². The van der Waals surface area contributed by atoms with Gasteiger partial charge >= 0.3 is 5.97 Å². The maximum absolute atomic E-state index is 10.8. The molecule has 1 aromatic heterocycles. The topological polar surface area (TPSA) is 50.2 Å². The zero-order valence-corrected chi connectivity index (χ0v) is 12.7. The van der Waals surface area contributed by atoms with Crippen LogP contribution >= 0.6 is 7.53 Å². The molecule has 0 spiro atoms. The minimum Gasteiger partial charge on any atom is -0.481 e. The van der Waals surface area contributed by atoms with Gasteiger partial charge in [-0.2, -0.15) is 0 Å². The van der Waals surface area contributed by atoms with Crippen LogP contribution in [-0.2, 0) is 17.4 Å². The quantitative estimate of drug-likeness (QED) is 0.897. The van der Waals surface area contributed by atoms with Crippen LogP contribution in [0.25, 0.3) is 6.08 Å². The Labute approximate surface area is 110 Å². The number of hydrogen-bond donors (Lipinski definition) is 1. The van der Waals surface area contributed by atoms with Gasteiger partial charge in [-0.1, -0.05) is 33.9 Å². The Bertz CT molecular complexity index is 474. The highest BCUT2D eigenvalue weighted by molar-refractivity contribution is 7.51. The molecule has 1 N–H and O–H groups in total. The third-order valence-electron chi connectivity index (χ3n) is 3.05. The number of rotatable bonds is 3. The second-order valence-corrected chi connectivity index (χ2v) is 6.82. The summed E-state index contributed by atoms with van der Waals surface area (Å²) in [5.74, 6) is -1.08. The molecule has 2 heterocycles. The van der Waals surface area contributed by atoms with Gasteiger partial charge < -0.3 is 5.11 Å². The maximum atomic E-state index is 10.8. The number of carboxylic acids is 1. The molecule has 1 aromatic rings. The molecular formula is C14H22NO2P. The minimum atomic E-state index is -0.739. The van der Waals surface area contributed by atoms with Gasteiger partial charge in [0.05, 0.1) is 11.3 Å². The first-order chi connectivity index (χ1) is 8.49. The second kappa shape index (κ2) is 6.19. The number of fused-ring (bicyclic) bond motifs is 1. The Morgan fingerprint density at radius 2 is 2.11 bits per heavy atom. The van der Waals surface area contributed by atoms with Crippen molar-refractivity contribution in [3.63, 3.8) is 0 Å². The first-order valence-electron chi connectivity index (χ1n) is 6.45. The first kappa shape index (κ1) is 15.0. The fourth-order valence-corrected chi connectivity index (χ4v) is 4.41. The molecule has 0 saturated carbocycles. The number of carbonyl (C=O) groups is 1. The van der Waals surface area contributed by atoms with E-state index in [9.17, 15) is 4.79 Å². The van der Waals surface area contributed by atoms with Crippen LogP contribution in [0, 0.1) is 12.8 Å². The highest BCUT2D eigenvalue weighted by Crippen LogP contribution is 2.48. The molecule has 3 nitrogen and oxygen atoms in total. The zero-order chi connectivity index (χ0) is 13.9. The van der Waals surface area contributed by atoms with E-state index in [4.69, 9.17) is 5.11 Å². The van der Waals surface area contributed by atoms with E-state index in [1.165, 1.54) is 16.3 Å². The fourth-order valence-electron chi connectivity index (χ4n) is 2.00. The zero-order valence-electron chi connectivity index (χ0n) is 11.8. The van der Waals surface area contributed by atoms with Crippen molar-refractivity contribution in [1.29, 1.82) is 0 Å². The Morgan fingerprint density at radius 1 is 1.50 bits per heavy atom. The molecular weight excluding hydrogens is 245 g/mol. The lowest BCUT2D eigenvalue weighted by molar-refractivity contribution is -0.141. The molecule has 0 radical (unpaired) electrons. The van der Waals surface area contributed by atoms with E-state index >= 15 is 0 Å². The summed E-state index contributed by atoms with van der Waals surface area (Å²) in [5, 5.41) is 10.2. The summed E-state index contributed by atoms with van der Waals surface area (Å²) >= 11 is 0. The van der Waals surface area contributed by atoms with Crippen LogP contribution in [0.15, 0.2) is 5.57 Å². The second-order valence-electron chi connectivity index (χ2n) is 4.52. The van der Waals surface area contributed by atoms with Crippen molar-refractivity contribution >= 4 is 19.6 Å². The molecule has 1 aliphatic rings. The fraction of sp³-hybridized carbons (Fsp3) is 0.571. The van der Waals surface area contributed by atoms with Crippen LogP contribution in [0.2, 0.25) is 0 Å². The molecule has 0 bridgehead atoms. The van der Waals surface area contributed by atoms with E-state index in [0.717, 1.165) is 11.9 Å². The van der Waals surface area contributed by atoms with Gasteiger partial charge in [0.15, 0.2) is 0 Å². The van der Waals surface area contributed by atoms with Gasteiger partial charge in [-0.15, -0.1) is 0 Å². The summed E-state index contributed by atoms with van der Waals surface area (Å²) in [6.07, 6.45) is 3.84. The van der Waals surface area contributed by atoms with Crippen molar-refractivity contribution in [3.05, 3.63) is 22.0 Å². The number of allylic oxidation sites excluding steroid dienone is 1. The molecule has 18 heavy (non-hydrogen) atoms. The Morgan fingerprint density at radius 3 is 2.61 bits per heavy atom. The van der Waals surface area contributed by atoms with Crippen LogP contribution in [0.5, 0.6) is 0 Å². The van der Waals surface area contributed by atoms with Gasteiger partial charge in [0, 0.05) is 18.3 Å². The molecule has 0 fully saturated rings. The average Bonchev–Trinajstić information content (AvgIpc) is 2.81. The predicted octanol–water partition coefficient (Wildman–Crippen LogP) is 4.08. The summed E-state index contributed by atoms with van der Waals surface area (Å²) in [6.45, 7) is 9.99. The van der Waals surface area contributed by atoms with Crippen molar-refractivity contribution in [3.8, 4) is 0 Å². The minimum absolute atomic E-state index is 0.239. The highest BCUT2D eigenvalue weighted by Gasteiger charge is 2.21. The van der Waals surface area contributed by atoms with E-state index in [1.54, 1.807) is 6.92 Å². The molecule has 2 rings (SSSR count). The Hall–Kier alpha value is -1.08. The Kier molecular flexibility index (Phi) is 5.15. The van der Waals surface area contributed by atoms with E-state index in [-0.39, 0.29) is 13.5 Å². The molecule has 0 aromatic carbocycles. The average molecular weight is 267 g/mol. The normalized spacial score (nSPS) is 15.4. The number of carboxylic acid groups (broad SMARTS) is 1. The van der Waals surface area contributed by atoms with E-state index in [0.29, 0.717) is 6.42 Å². The molecule has 2 unspecified atom stereocenters. The number of hydrogen-bond acceptors (Lipinski definition) is 2. The largest absolute Gasteiger partial charge is 0.481 e. The summed E-state index contributed by atoms with van der Waals surface area (Å²) in [6, 6.07) is 0. The maximum Gasteiger partial charge on any atom is 0.306 e. The number of aliphatic carboxylic acids is 1. The number of nitrogens with zero attached hydrogens (tertiary/aromatic N) is 1. The van der Waals surface area contributed by atoms with Gasteiger partial charge in [-0.25, -0.2) is 4.98 Å². The smallest absolute Gasteiger partial charge is 0.306 e. The predicted molar refractivity (Wildman–Crippen MR) is 77.2 cm³/mol. The molecule has 0 aliphatic carbocycles. The molecule has 2 atom stereocenters. The van der Waals surface area contributed by atoms with Crippen molar-refractivity contribution in [2.75, 3.05) is 0 Å². The molecule has 0 saturated heterocycles. The van der Waals surface area contributed by atoms with Gasteiger partial charge in [-0.05, 0) is 25.2 Å². The van der Waals surface area contributed by atoms with Crippen LogP contribution in [0.1, 0.15) is 44.1 Å². The van der Waals surface area contributed by atoms with Crippen LogP contribution in [0.4, 0.5) is 0 Å². The highest BCUT2D eigenvalue weighted by atomic mass is 31.1. The standard InChI is InChI=1S/C12H16NO2P.C2H6/c1-7-4-11-13-10(5-8(2)12(14)15)9(3)16(11)6-7;1-2/h4,8H,5-6H2,1-3H3,(H,14,15);1-2H3. The molecule has 1 aliphatic heterocycles. The molecule has 0 amide bonds. The monoisotopic (exact) mass is 267 g/mol. The molecule has 100 valence electrons. The van der Waals surface area contributed by atoms with Gasteiger partial charge in [0.1, 0.15) is 0 Å². The lowest BCUT2D eigenvalue weighted by atomic mass is 10.1. The van der Waals surface area contributed by atoms with Gasteiger partial charge in [0.2, 0.25) is 0 Å². The first-order valence-corrected chi connectivity index (χ1v) is 7.97. The lowest BCUT2D eigenvalue weighted by Crippen LogP contribution is -2.13. The van der Waals surface area contributed by atoms with Crippen molar-refractivity contribution in [2.45, 2.75) is 47.2 Å². The molecule has 4 heteroatoms. The summed E-state index contributed by atoms with van der Waals surface area (Å²) in [7, 11) is -0.239. The third-order valence-corrected chi connectivity index (χ3v) is 5.72. The summed E-state index contributed by atoms with van der Waals surface area (Å²) < 4.78 is 0. The van der Waals surface area contributed by atoms with Gasteiger partial charge in [0.25, 0.3) is 0 Å². The number of aromatic nitrogens is 1. The van der Waals surface area contributed by atoms with E-state index in [1.807, 2.05) is 13.8 Å². The van der Waals surface area contributed by atoms with Crippen molar-refractivity contribution < 1.29 is 9.90 Å². The summed E-state index contributed by atoms with van der Waals surface area (Å²) in [4.78, 5) is 15.4. The van der Waals surface area contributed by atoms with E-state index in [2.05, 4.69) is 24.9 Å². The van der Waals surface area contributed by atoms with Crippen molar-refractivity contribution in [2.24, 2.45) is 5.92 Å². The van der Waals surface area contributed by atoms with Crippen LogP contribution in [0.3, 0.4) is 0 Å².